The Balaban J connectivity index is 2.16. The van der Waals surface area contributed by atoms with E-state index in [-0.39, 0.29) is 16.9 Å². The molecular formula is C19H14N2O2. The van der Waals surface area contributed by atoms with Crippen molar-refractivity contribution >= 4 is 0 Å². The summed E-state index contributed by atoms with van der Waals surface area (Å²) >= 11 is 0. The van der Waals surface area contributed by atoms with Crippen LogP contribution in [0.15, 0.2) is 59.4 Å². The monoisotopic (exact) mass is 302 g/mol. The summed E-state index contributed by atoms with van der Waals surface area (Å²) in [6.07, 6.45) is 0. The molecule has 0 aliphatic rings. The minimum atomic E-state index is -0.377. The summed E-state index contributed by atoms with van der Waals surface area (Å²) in [6, 6.07) is 18.3. The molecule has 0 atom stereocenters. The van der Waals surface area contributed by atoms with Gasteiger partial charge in [-0.25, -0.2) is 0 Å². The van der Waals surface area contributed by atoms with Crippen LogP contribution < -0.4 is 5.56 Å². The van der Waals surface area contributed by atoms with E-state index in [0.717, 1.165) is 16.7 Å². The number of H-pyrrole nitrogens is 1. The first-order valence-electron chi connectivity index (χ1n) is 7.12. The first-order valence-corrected chi connectivity index (χ1v) is 7.12. The van der Waals surface area contributed by atoms with Crippen LogP contribution in [0.4, 0.5) is 0 Å². The van der Waals surface area contributed by atoms with Gasteiger partial charge in [0, 0.05) is 11.3 Å². The Labute approximate surface area is 133 Å². The van der Waals surface area contributed by atoms with Gasteiger partial charge in [0.1, 0.15) is 17.4 Å². The number of pyridine rings is 1. The average Bonchev–Trinajstić information content (AvgIpc) is 2.55. The number of aromatic hydroxyl groups is 1. The molecule has 3 aromatic rings. The molecule has 1 aromatic heterocycles. The first kappa shape index (κ1) is 14.6. The van der Waals surface area contributed by atoms with Crippen LogP contribution in [0.1, 0.15) is 11.3 Å². The lowest BCUT2D eigenvalue weighted by atomic mass is 9.96. The zero-order chi connectivity index (χ0) is 16.4. The number of nitriles is 1. The van der Waals surface area contributed by atoms with E-state index in [1.807, 2.05) is 42.5 Å². The number of aryl methyl sites for hydroxylation is 1. The maximum Gasteiger partial charge on any atom is 0.266 e. The molecule has 2 N–H and O–H groups in total. The lowest BCUT2D eigenvalue weighted by molar-refractivity contribution is 0.475. The summed E-state index contributed by atoms with van der Waals surface area (Å²) in [6.45, 7) is 1.79. The fourth-order valence-corrected chi connectivity index (χ4v) is 2.55. The smallest absolute Gasteiger partial charge is 0.266 e. The van der Waals surface area contributed by atoms with Gasteiger partial charge in [0.15, 0.2) is 0 Å². The van der Waals surface area contributed by atoms with Gasteiger partial charge in [0.25, 0.3) is 5.56 Å². The van der Waals surface area contributed by atoms with E-state index in [1.165, 1.54) is 0 Å². The fraction of sp³-hybridized carbons (Fsp3) is 0.0526. The van der Waals surface area contributed by atoms with E-state index in [4.69, 9.17) is 0 Å². The van der Waals surface area contributed by atoms with Gasteiger partial charge in [0.2, 0.25) is 0 Å². The number of phenolic OH excluding ortho intramolecular Hbond substituents is 1. The lowest BCUT2D eigenvalue weighted by Gasteiger charge is -2.08. The van der Waals surface area contributed by atoms with Gasteiger partial charge in [-0.1, -0.05) is 30.3 Å². The molecule has 4 heteroatoms. The van der Waals surface area contributed by atoms with Gasteiger partial charge in [-0.2, -0.15) is 5.26 Å². The van der Waals surface area contributed by atoms with Gasteiger partial charge in [-0.15, -0.1) is 0 Å². The number of aromatic amines is 1. The molecule has 0 unspecified atom stereocenters. The second-order valence-electron chi connectivity index (χ2n) is 5.31. The van der Waals surface area contributed by atoms with Crippen molar-refractivity contribution in [2.75, 3.05) is 0 Å². The van der Waals surface area contributed by atoms with Crippen molar-refractivity contribution in [3.63, 3.8) is 0 Å². The number of hydrogen-bond acceptors (Lipinski definition) is 3. The Hall–Kier alpha value is -3.32. The van der Waals surface area contributed by atoms with E-state index in [9.17, 15) is 15.2 Å². The quantitative estimate of drug-likeness (QED) is 0.759. The number of nitrogens with zero attached hydrogens (tertiary/aromatic N) is 1. The van der Waals surface area contributed by atoms with Gasteiger partial charge in [-0.05, 0) is 47.9 Å². The van der Waals surface area contributed by atoms with E-state index >= 15 is 0 Å². The number of rotatable bonds is 2. The van der Waals surface area contributed by atoms with Crippen LogP contribution in [0, 0.1) is 18.3 Å². The summed E-state index contributed by atoms with van der Waals surface area (Å²) in [7, 11) is 0. The molecule has 0 aliphatic heterocycles. The van der Waals surface area contributed by atoms with Gasteiger partial charge >= 0.3 is 0 Å². The third kappa shape index (κ3) is 2.85. The SMILES string of the molecule is Cc1cc(-c2cccc(-c3ccc(O)cc3)c2)c(C#N)c(=O)[nH]1. The van der Waals surface area contributed by atoms with Crippen molar-refractivity contribution in [1.82, 2.24) is 4.98 Å². The molecule has 4 nitrogen and oxygen atoms in total. The minimum Gasteiger partial charge on any atom is -0.508 e. The Morgan fingerprint density at radius 3 is 2.39 bits per heavy atom. The van der Waals surface area contributed by atoms with Crippen molar-refractivity contribution in [3.05, 3.63) is 76.2 Å². The number of aromatic nitrogens is 1. The zero-order valence-corrected chi connectivity index (χ0v) is 12.5. The number of benzene rings is 2. The molecule has 1 heterocycles. The van der Waals surface area contributed by atoms with E-state index < -0.39 is 0 Å². The highest BCUT2D eigenvalue weighted by Gasteiger charge is 2.11. The molecular weight excluding hydrogens is 288 g/mol. The molecule has 0 amide bonds. The zero-order valence-electron chi connectivity index (χ0n) is 12.5. The molecule has 0 spiro atoms. The van der Waals surface area contributed by atoms with Crippen molar-refractivity contribution in [2.24, 2.45) is 0 Å². The summed E-state index contributed by atoms with van der Waals surface area (Å²) in [5.41, 5.74) is 3.76. The van der Waals surface area contributed by atoms with E-state index in [2.05, 4.69) is 4.98 Å². The summed E-state index contributed by atoms with van der Waals surface area (Å²) < 4.78 is 0. The van der Waals surface area contributed by atoms with Crippen LogP contribution in [0.3, 0.4) is 0 Å². The predicted molar refractivity (Wildman–Crippen MR) is 89.1 cm³/mol. The highest BCUT2D eigenvalue weighted by atomic mass is 16.3. The van der Waals surface area contributed by atoms with Crippen molar-refractivity contribution in [2.45, 2.75) is 6.92 Å². The Bertz CT molecular complexity index is 964. The van der Waals surface area contributed by atoms with Gasteiger partial charge < -0.3 is 10.1 Å². The Morgan fingerprint density at radius 2 is 1.70 bits per heavy atom. The van der Waals surface area contributed by atoms with Crippen molar-refractivity contribution in [1.29, 1.82) is 5.26 Å². The molecule has 2 aromatic carbocycles. The topological polar surface area (TPSA) is 76.9 Å². The molecule has 0 fully saturated rings. The standard InChI is InChI=1S/C19H14N2O2/c1-12-9-17(18(11-20)19(23)21-12)15-4-2-3-14(10-15)13-5-7-16(22)8-6-13/h2-10,22H,1H3,(H,21,23). The van der Waals surface area contributed by atoms with E-state index in [0.29, 0.717) is 11.3 Å². The summed E-state index contributed by atoms with van der Waals surface area (Å²) in [5.74, 6) is 0.210. The van der Waals surface area contributed by atoms with Crippen LogP contribution in [-0.2, 0) is 0 Å². The second kappa shape index (κ2) is 5.82. The number of hydrogen-bond donors (Lipinski definition) is 2. The maximum atomic E-state index is 12.0. The number of nitrogens with one attached hydrogen (secondary N) is 1. The number of phenols is 1. The molecule has 0 aliphatic carbocycles. The highest BCUT2D eigenvalue weighted by molar-refractivity contribution is 5.76. The molecule has 0 saturated carbocycles. The molecule has 23 heavy (non-hydrogen) atoms. The largest absolute Gasteiger partial charge is 0.508 e. The van der Waals surface area contributed by atoms with Gasteiger partial charge in [-0.3, -0.25) is 4.79 Å². The second-order valence-corrected chi connectivity index (χ2v) is 5.31. The minimum absolute atomic E-state index is 0.110. The predicted octanol–water partition coefficient (Wildman–Crippen LogP) is 3.59. The first-order chi connectivity index (χ1) is 11.1. The molecule has 112 valence electrons. The van der Waals surface area contributed by atoms with Crippen LogP contribution in [0.2, 0.25) is 0 Å². The third-order valence-electron chi connectivity index (χ3n) is 3.65. The molecule has 0 radical (unpaired) electrons. The Kier molecular flexibility index (Phi) is 3.70. The lowest BCUT2D eigenvalue weighted by Crippen LogP contribution is -2.12. The van der Waals surface area contributed by atoms with Crippen molar-refractivity contribution < 1.29 is 5.11 Å². The van der Waals surface area contributed by atoms with Crippen LogP contribution in [0.25, 0.3) is 22.3 Å². The van der Waals surface area contributed by atoms with Crippen LogP contribution in [0.5, 0.6) is 5.75 Å². The maximum absolute atomic E-state index is 12.0. The normalized spacial score (nSPS) is 10.3. The third-order valence-corrected chi connectivity index (χ3v) is 3.65. The molecule has 0 bridgehead atoms. The van der Waals surface area contributed by atoms with Crippen LogP contribution >= 0.6 is 0 Å². The summed E-state index contributed by atoms with van der Waals surface area (Å²) in [5, 5.41) is 18.7. The average molecular weight is 302 g/mol. The Morgan fingerprint density at radius 1 is 1.00 bits per heavy atom. The molecule has 0 saturated heterocycles. The molecule has 3 rings (SSSR count). The van der Waals surface area contributed by atoms with E-state index in [1.54, 1.807) is 25.1 Å². The fourth-order valence-electron chi connectivity index (χ4n) is 2.55. The van der Waals surface area contributed by atoms with Crippen molar-refractivity contribution in [3.8, 4) is 34.1 Å². The highest BCUT2D eigenvalue weighted by Crippen LogP contribution is 2.28. The van der Waals surface area contributed by atoms with Crippen LogP contribution in [-0.4, -0.2) is 10.1 Å². The summed E-state index contributed by atoms with van der Waals surface area (Å²) in [4.78, 5) is 14.6. The van der Waals surface area contributed by atoms with Gasteiger partial charge in [0.05, 0.1) is 0 Å².